The fourth-order valence-electron chi connectivity index (χ4n) is 2.04. The molecule has 0 bridgehead atoms. The van der Waals surface area contributed by atoms with Crippen LogP contribution >= 0.6 is 0 Å². The van der Waals surface area contributed by atoms with Gasteiger partial charge in [0.05, 0.1) is 6.61 Å². The van der Waals surface area contributed by atoms with Crippen molar-refractivity contribution in [2.75, 3.05) is 19.0 Å². The summed E-state index contributed by atoms with van der Waals surface area (Å²) in [6.45, 7) is 10.3. The Morgan fingerprint density at radius 1 is 1.06 bits per heavy atom. The fraction of sp³-hybridized carbons (Fsp3) is 0.600. The van der Waals surface area contributed by atoms with Crippen molar-refractivity contribution in [1.82, 2.24) is 0 Å². The summed E-state index contributed by atoms with van der Waals surface area (Å²) >= 11 is 0. The number of hydrogen-bond donors (Lipinski definition) is 3. The first kappa shape index (κ1) is 14.8. The van der Waals surface area contributed by atoms with Crippen molar-refractivity contribution in [3.63, 3.8) is 0 Å². The van der Waals surface area contributed by atoms with Crippen LogP contribution in [0.3, 0.4) is 0 Å². The molecule has 0 saturated carbocycles. The molecule has 0 unspecified atom stereocenters. The van der Waals surface area contributed by atoms with Gasteiger partial charge in [-0.15, -0.1) is 0 Å². The zero-order valence-corrected chi connectivity index (χ0v) is 12.3. The van der Waals surface area contributed by atoms with Gasteiger partial charge >= 0.3 is 0 Å². The van der Waals surface area contributed by atoms with Crippen molar-refractivity contribution in [2.24, 2.45) is 0 Å². The highest BCUT2D eigenvalue weighted by Gasteiger charge is 2.27. The second kappa shape index (κ2) is 4.81. The average Bonchev–Trinajstić information content (AvgIpc) is 2.26. The van der Waals surface area contributed by atoms with E-state index in [9.17, 15) is 10.2 Å². The molecule has 0 saturated heterocycles. The zero-order chi connectivity index (χ0) is 14.1. The van der Waals surface area contributed by atoms with Crippen LogP contribution < -0.4 is 5.32 Å². The topological polar surface area (TPSA) is 52.5 Å². The van der Waals surface area contributed by atoms with Crippen LogP contribution in [0.1, 0.15) is 45.7 Å². The van der Waals surface area contributed by atoms with Crippen LogP contribution in [0, 0.1) is 0 Å². The van der Waals surface area contributed by atoms with Gasteiger partial charge in [0, 0.05) is 29.8 Å². The van der Waals surface area contributed by atoms with Crippen LogP contribution in [0.5, 0.6) is 5.75 Å². The van der Waals surface area contributed by atoms with Gasteiger partial charge in [0.2, 0.25) is 0 Å². The minimum Gasteiger partial charge on any atom is -0.508 e. The monoisotopic (exact) mass is 251 g/mol. The summed E-state index contributed by atoms with van der Waals surface area (Å²) < 4.78 is 0. The van der Waals surface area contributed by atoms with Crippen LogP contribution in [0.2, 0.25) is 0 Å². The van der Waals surface area contributed by atoms with Crippen molar-refractivity contribution in [1.29, 1.82) is 0 Å². The molecule has 3 heteroatoms. The number of anilines is 1. The Labute approximate surface area is 110 Å². The molecule has 0 atom stereocenters. The molecule has 18 heavy (non-hydrogen) atoms. The Hall–Kier alpha value is -1.22. The SMILES string of the molecule is CNc1cc(O)c(C(C)(C)CO)cc1C(C)(C)C. The van der Waals surface area contributed by atoms with E-state index < -0.39 is 5.41 Å². The highest BCUT2D eigenvalue weighted by Crippen LogP contribution is 2.39. The van der Waals surface area contributed by atoms with E-state index in [0.717, 1.165) is 16.8 Å². The lowest BCUT2D eigenvalue weighted by Gasteiger charge is -2.29. The third-order valence-electron chi connectivity index (χ3n) is 3.34. The van der Waals surface area contributed by atoms with Gasteiger partial charge in [-0.2, -0.15) is 0 Å². The molecule has 0 aliphatic carbocycles. The lowest BCUT2D eigenvalue weighted by atomic mass is 9.78. The molecular formula is C15H25NO2. The Morgan fingerprint density at radius 3 is 2.00 bits per heavy atom. The summed E-state index contributed by atoms with van der Waals surface area (Å²) in [6.07, 6.45) is 0. The largest absolute Gasteiger partial charge is 0.508 e. The molecule has 0 spiro atoms. The molecule has 0 aliphatic rings. The molecule has 0 radical (unpaired) electrons. The minimum atomic E-state index is -0.448. The normalized spacial score (nSPS) is 12.6. The van der Waals surface area contributed by atoms with Gasteiger partial charge in [-0.25, -0.2) is 0 Å². The molecule has 0 heterocycles. The summed E-state index contributed by atoms with van der Waals surface area (Å²) in [5, 5.41) is 22.7. The molecule has 0 fully saturated rings. The number of rotatable bonds is 3. The summed E-state index contributed by atoms with van der Waals surface area (Å²) in [5.74, 6) is 0.228. The number of nitrogens with one attached hydrogen (secondary N) is 1. The van der Waals surface area contributed by atoms with Gasteiger partial charge in [-0.1, -0.05) is 34.6 Å². The third-order valence-corrected chi connectivity index (χ3v) is 3.34. The number of benzene rings is 1. The number of hydrogen-bond acceptors (Lipinski definition) is 3. The summed E-state index contributed by atoms with van der Waals surface area (Å²) in [4.78, 5) is 0. The molecule has 1 aromatic rings. The summed E-state index contributed by atoms with van der Waals surface area (Å²) in [7, 11) is 1.85. The van der Waals surface area contributed by atoms with Gasteiger partial charge in [-0.05, 0) is 17.0 Å². The molecule has 3 nitrogen and oxygen atoms in total. The van der Waals surface area contributed by atoms with Gasteiger partial charge in [0.25, 0.3) is 0 Å². The standard InChI is InChI=1S/C15H25NO2/c1-14(2,3)10-7-11(15(4,5)9-17)13(18)8-12(10)16-6/h7-8,16-18H,9H2,1-6H3. The highest BCUT2D eigenvalue weighted by atomic mass is 16.3. The second-order valence-electron chi connectivity index (χ2n) is 6.46. The second-order valence-corrected chi connectivity index (χ2v) is 6.46. The van der Waals surface area contributed by atoms with Crippen molar-refractivity contribution in [3.05, 3.63) is 23.3 Å². The fourth-order valence-corrected chi connectivity index (χ4v) is 2.04. The van der Waals surface area contributed by atoms with E-state index >= 15 is 0 Å². The van der Waals surface area contributed by atoms with E-state index in [0.29, 0.717) is 0 Å². The van der Waals surface area contributed by atoms with Gasteiger partial charge in [0.1, 0.15) is 5.75 Å². The van der Waals surface area contributed by atoms with Gasteiger partial charge in [-0.3, -0.25) is 0 Å². The molecule has 3 N–H and O–H groups in total. The Morgan fingerprint density at radius 2 is 1.61 bits per heavy atom. The maximum absolute atomic E-state index is 10.1. The van der Waals surface area contributed by atoms with E-state index in [4.69, 9.17) is 0 Å². The van der Waals surface area contributed by atoms with Gasteiger partial charge in [0.15, 0.2) is 0 Å². The number of aliphatic hydroxyl groups excluding tert-OH is 1. The lowest BCUT2D eigenvalue weighted by Crippen LogP contribution is -2.24. The molecule has 1 aromatic carbocycles. The summed E-state index contributed by atoms with van der Waals surface area (Å²) in [6, 6.07) is 3.74. The molecule has 0 aromatic heterocycles. The number of aliphatic hydroxyl groups is 1. The quantitative estimate of drug-likeness (QED) is 0.774. The van der Waals surface area contributed by atoms with Crippen molar-refractivity contribution in [3.8, 4) is 5.75 Å². The van der Waals surface area contributed by atoms with Gasteiger partial charge < -0.3 is 15.5 Å². The van der Waals surface area contributed by atoms with E-state index in [-0.39, 0.29) is 17.8 Å². The molecule has 0 aliphatic heterocycles. The number of phenols is 1. The first-order valence-electron chi connectivity index (χ1n) is 6.30. The zero-order valence-electron chi connectivity index (χ0n) is 12.3. The maximum Gasteiger partial charge on any atom is 0.121 e. The predicted molar refractivity (Wildman–Crippen MR) is 76.5 cm³/mol. The summed E-state index contributed by atoms with van der Waals surface area (Å²) in [5.41, 5.74) is 2.38. The smallest absolute Gasteiger partial charge is 0.121 e. The molecule has 102 valence electrons. The highest BCUT2D eigenvalue weighted by molar-refractivity contribution is 5.61. The van der Waals surface area contributed by atoms with Crippen LogP contribution in [0.4, 0.5) is 5.69 Å². The Kier molecular flexibility index (Phi) is 3.96. The Balaban J connectivity index is 3.49. The maximum atomic E-state index is 10.1. The lowest BCUT2D eigenvalue weighted by molar-refractivity contribution is 0.215. The third kappa shape index (κ3) is 2.78. The first-order chi connectivity index (χ1) is 8.13. The minimum absolute atomic E-state index is 0.00302. The van der Waals surface area contributed by atoms with Crippen LogP contribution in [-0.2, 0) is 10.8 Å². The van der Waals surface area contributed by atoms with Crippen LogP contribution in [-0.4, -0.2) is 23.9 Å². The van der Waals surface area contributed by atoms with E-state index in [2.05, 4.69) is 26.1 Å². The van der Waals surface area contributed by atoms with E-state index in [1.807, 2.05) is 27.0 Å². The van der Waals surface area contributed by atoms with Crippen LogP contribution in [0.25, 0.3) is 0 Å². The average molecular weight is 251 g/mol. The van der Waals surface area contributed by atoms with E-state index in [1.54, 1.807) is 6.07 Å². The molecular weight excluding hydrogens is 226 g/mol. The van der Waals surface area contributed by atoms with Crippen molar-refractivity contribution >= 4 is 5.69 Å². The van der Waals surface area contributed by atoms with Crippen LogP contribution in [0.15, 0.2) is 12.1 Å². The number of phenolic OH excluding ortho intramolecular Hbond substituents is 1. The van der Waals surface area contributed by atoms with Crippen molar-refractivity contribution < 1.29 is 10.2 Å². The first-order valence-corrected chi connectivity index (χ1v) is 6.30. The molecule has 1 rings (SSSR count). The predicted octanol–water partition coefficient (Wildman–Crippen LogP) is 3.00. The number of aromatic hydroxyl groups is 1. The Bertz CT molecular complexity index is 431. The van der Waals surface area contributed by atoms with Crippen molar-refractivity contribution in [2.45, 2.75) is 45.4 Å². The molecule has 0 amide bonds. The van der Waals surface area contributed by atoms with E-state index in [1.165, 1.54) is 0 Å².